The fourth-order valence-corrected chi connectivity index (χ4v) is 3.63. The summed E-state index contributed by atoms with van der Waals surface area (Å²) in [5, 5.41) is 3.66. The highest BCUT2D eigenvalue weighted by Crippen LogP contribution is 2.45. The van der Waals surface area contributed by atoms with Crippen LogP contribution in [0.2, 0.25) is 0 Å². The van der Waals surface area contributed by atoms with Crippen LogP contribution in [-0.2, 0) is 16.9 Å². The lowest BCUT2D eigenvalue weighted by Gasteiger charge is -2.30. The molecule has 13 heteroatoms. The van der Waals surface area contributed by atoms with E-state index in [4.69, 9.17) is 16.6 Å². The van der Waals surface area contributed by atoms with Crippen LogP contribution in [0.1, 0.15) is 21.7 Å². The minimum atomic E-state index is -5.42. The number of hydrogen-bond donors (Lipinski definition) is 3. The third-order valence-corrected chi connectivity index (χ3v) is 5.20. The summed E-state index contributed by atoms with van der Waals surface area (Å²) < 4.78 is 62.1. The van der Waals surface area contributed by atoms with Gasteiger partial charge in [-0.05, 0) is 48.6 Å². The van der Waals surface area contributed by atoms with E-state index in [1.807, 2.05) is 5.32 Å². The Morgan fingerprint density at radius 3 is 2.47 bits per heavy atom. The highest BCUT2D eigenvalue weighted by atomic mass is 32.1. The number of halogens is 4. The minimum absolute atomic E-state index is 0.203. The number of carbonyl (C=O) groups is 2. The van der Waals surface area contributed by atoms with Crippen LogP contribution >= 0.6 is 12.2 Å². The quantitative estimate of drug-likeness (QED) is 0.403. The number of hydrogen-bond acceptors (Lipinski definition) is 5. The van der Waals surface area contributed by atoms with Crippen LogP contribution in [0.15, 0.2) is 51.9 Å². The highest BCUT2D eigenvalue weighted by molar-refractivity contribution is 7.71. The van der Waals surface area contributed by atoms with Crippen molar-refractivity contribution in [3.8, 4) is 0 Å². The van der Waals surface area contributed by atoms with Gasteiger partial charge in [0.15, 0.2) is 4.77 Å². The van der Waals surface area contributed by atoms with Crippen molar-refractivity contribution in [1.82, 2.24) is 14.9 Å². The predicted molar refractivity (Wildman–Crippen MR) is 104 cm³/mol. The summed E-state index contributed by atoms with van der Waals surface area (Å²) in [6.07, 6.45) is -4.09. The number of rotatable bonds is 4. The van der Waals surface area contributed by atoms with E-state index in [1.54, 1.807) is 5.32 Å². The van der Waals surface area contributed by atoms with Gasteiger partial charge in [0.2, 0.25) is 0 Å². The van der Waals surface area contributed by atoms with E-state index >= 15 is 0 Å². The van der Waals surface area contributed by atoms with Gasteiger partial charge in [0, 0.05) is 5.56 Å². The molecule has 2 amide bonds. The number of benzene rings is 1. The highest BCUT2D eigenvalue weighted by Gasteiger charge is 2.68. The normalized spacial score (nSPS) is 17.7. The van der Waals surface area contributed by atoms with Gasteiger partial charge in [0.1, 0.15) is 23.0 Å². The monoisotopic (exact) mass is 468 g/mol. The number of H-pyrrole nitrogens is 1. The first-order valence-corrected chi connectivity index (χ1v) is 9.31. The van der Waals surface area contributed by atoms with Crippen LogP contribution in [0.4, 0.5) is 23.4 Å². The first-order valence-electron chi connectivity index (χ1n) is 8.91. The molecule has 8 nitrogen and oxygen atoms in total. The Morgan fingerprint density at radius 2 is 1.88 bits per heavy atom. The topological polar surface area (TPSA) is 109 Å². The molecule has 0 spiro atoms. The first-order chi connectivity index (χ1) is 15.0. The van der Waals surface area contributed by atoms with E-state index in [-0.39, 0.29) is 22.6 Å². The molecule has 3 heterocycles. The lowest BCUT2D eigenvalue weighted by molar-refractivity contribution is -0.196. The van der Waals surface area contributed by atoms with Gasteiger partial charge >= 0.3 is 6.18 Å². The molecule has 32 heavy (non-hydrogen) atoms. The Labute approximate surface area is 180 Å². The molecule has 1 aliphatic rings. The average Bonchev–Trinajstić information content (AvgIpc) is 3.32. The lowest BCUT2D eigenvalue weighted by atomic mass is 9.91. The number of aromatic amines is 1. The number of nitrogens with one attached hydrogen (secondary N) is 3. The van der Waals surface area contributed by atoms with Crippen molar-refractivity contribution in [2.45, 2.75) is 18.3 Å². The molecule has 4 rings (SSSR count). The summed E-state index contributed by atoms with van der Waals surface area (Å²) in [6, 6.07) is 6.67. The van der Waals surface area contributed by atoms with E-state index in [1.165, 1.54) is 18.4 Å². The molecule has 0 aliphatic carbocycles. The van der Waals surface area contributed by atoms with Crippen LogP contribution in [0.25, 0.3) is 0 Å². The zero-order chi connectivity index (χ0) is 23.3. The van der Waals surface area contributed by atoms with Crippen LogP contribution in [0.5, 0.6) is 0 Å². The third-order valence-electron chi connectivity index (χ3n) is 4.87. The van der Waals surface area contributed by atoms with E-state index in [9.17, 15) is 31.9 Å². The van der Waals surface area contributed by atoms with Crippen LogP contribution in [0, 0.1) is 10.6 Å². The molecule has 0 bridgehead atoms. The molecule has 1 aromatic carbocycles. The van der Waals surface area contributed by atoms with Gasteiger partial charge in [-0.3, -0.25) is 23.9 Å². The maximum Gasteiger partial charge on any atom is 0.425 e. The van der Waals surface area contributed by atoms with Crippen LogP contribution in [0.3, 0.4) is 0 Å². The van der Waals surface area contributed by atoms with E-state index in [0.29, 0.717) is 0 Å². The molecule has 166 valence electrons. The SMILES string of the molecule is O=C(N[C@@]1(C(F)(F)F)C(=O)Nc2c1c(=O)[nH]c(=S)n2Cc1ccco1)c1ccc(F)cc1. The van der Waals surface area contributed by atoms with Crippen molar-refractivity contribution in [1.29, 1.82) is 0 Å². The molecule has 0 fully saturated rings. The zero-order valence-corrected chi connectivity index (χ0v) is 16.6. The van der Waals surface area contributed by atoms with Gasteiger partial charge in [0.05, 0.1) is 12.8 Å². The Hall–Kier alpha value is -3.74. The first kappa shape index (κ1) is 21.5. The van der Waals surface area contributed by atoms with Gasteiger partial charge < -0.3 is 15.1 Å². The number of fused-ring (bicyclic) bond motifs is 1. The molecule has 2 aromatic heterocycles. The van der Waals surface area contributed by atoms with Crippen molar-refractivity contribution in [2.75, 3.05) is 5.32 Å². The standard InChI is InChI=1S/C19H12F4N4O4S/c20-10-5-3-9(4-6-10)14(28)26-18(19(21,22)23)12-13(24-16(18)30)27(17(32)25-15(12)29)8-11-2-1-7-31-11/h1-7H,8H2,(H,24,30)(H,26,28)(H,25,29,32)/t18-/m1/s1. The van der Waals surface area contributed by atoms with Gasteiger partial charge in [-0.15, -0.1) is 0 Å². The molecule has 1 atom stereocenters. The van der Waals surface area contributed by atoms with Crippen molar-refractivity contribution in [3.63, 3.8) is 0 Å². The predicted octanol–water partition coefficient (Wildman–Crippen LogP) is 2.83. The third kappa shape index (κ3) is 3.30. The maximum atomic E-state index is 14.3. The summed E-state index contributed by atoms with van der Waals surface area (Å²) in [7, 11) is 0. The molecule has 3 N–H and O–H groups in total. The smallest absolute Gasteiger partial charge is 0.425 e. The molecule has 0 saturated heterocycles. The summed E-state index contributed by atoms with van der Waals surface area (Å²) >= 11 is 5.05. The van der Waals surface area contributed by atoms with Crippen LogP contribution < -0.4 is 16.2 Å². The Balaban J connectivity index is 1.90. The largest absolute Gasteiger partial charge is 0.467 e. The molecule has 3 aromatic rings. The average molecular weight is 468 g/mol. The molecule has 0 saturated carbocycles. The Bertz CT molecular complexity index is 1330. The maximum absolute atomic E-state index is 14.3. The second-order valence-corrected chi connectivity index (χ2v) is 7.20. The Morgan fingerprint density at radius 1 is 1.19 bits per heavy atom. The summed E-state index contributed by atoms with van der Waals surface area (Å²) in [6.45, 7) is -0.203. The molecule has 0 unspecified atom stereocenters. The number of aromatic nitrogens is 2. The van der Waals surface area contributed by atoms with Crippen LogP contribution in [-0.4, -0.2) is 27.5 Å². The second kappa shape index (κ2) is 7.44. The molecule has 0 radical (unpaired) electrons. The van der Waals surface area contributed by atoms with Gasteiger partial charge in [-0.1, -0.05) is 0 Å². The minimum Gasteiger partial charge on any atom is -0.467 e. The van der Waals surface area contributed by atoms with E-state index in [0.717, 1.165) is 28.8 Å². The number of alkyl halides is 3. The van der Waals surface area contributed by atoms with Gasteiger partial charge in [0.25, 0.3) is 22.9 Å². The lowest BCUT2D eigenvalue weighted by Crippen LogP contribution is -2.61. The molecular weight excluding hydrogens is 456 g/mol. The molecular formula is C19H12F4N4O4S. The molecule has 1 aliphatic heterocycles. The summed E-state index contributed by atoms with van der Waals surface area (Å²) in [5.74, 6) is -4.01. The fraction of sp³-hybridized carbons (Fsp3) is 0.158. The number of carbonyl (C=O) groups excluding carboxylic acids is 2. The number of amides is 2. The van der Waals surface area contributed by atoms with Crippen molar-refractivity contribution in [2.24, 2.45) is 0 Å². The fourth-order valence-electron chi connectivity index (χ4n) is 3.38. The summed E-state index contributed by atoms with van der Waals surface area (Å²) in [4.78, 5) is 40.0. The summed E-state index contributed by atoms with van der Waals surface area (Å²) in [5.41, 5.74) is -6.45. The van der Waals surface area contributed by atoms with Crippen molar-refractivity contribution >= 4 is 29.9 Å². The van der Waals surface area contributed by atoms with E-state index < -0.39 is 46.3 Å². The van der Waals surface area contributed by atoms with Gasteiger partial charge in [-0.2, -0.15) is 13.2 Å². The zero-order valence-electron chi connectivity index (χ0n) is 15.7. The van der Waals surface area contributed by atoms with Crippen molar-refractivity contribution in [3.05, 3.63) is 80.5 Å². The number of nitrogens with zero attached hydrogens (tertiary/aromatic N) is 1. The second-order valence-electron chi connectivity index (χ2n) is 6.81. The number of anilines is 1. The van der Waals surface area contributed by atoms with E-state index in [2.05, 4.69) is 4.98 Å². The number of furan rings is 1. The Kier molecular flexibility index (Phi) is 5.00. The van der Waals surface area contributed by atoms with Crippen molar-refractivity contribution < 1.29 is 31.6 Å². The van der Waals surface area contributed by atoms with Gasteiger partial charge in [-0.25, -0.2) is 4.39 Å².